The van der Waals surface area contributed by atoms with E-state index in [0.717, 1.165) is 22.6 Å². The van der Waals surface area contributed by atoms with Gasteiger partial charge in [0.2, 0.25) is 0 Å². The van der Waals surface area contributed by atoms with Crippen LogP contribution in [0.5, 0.6) is 11.5 Å². The Labute approximate surface area is 122 Å². The summed E-state index contributed by atoms with van der Waals surface area (Å²) in [5.74, 6) is 2.30. The fourth-order valence-corrected chi connectivity index (χ4v) is 2.24. The molecule has 5 heteroatoms. The van der Waals surface area contributed by atoms with Crippen molar-refractivity contribution in [3.05, 3.63) is 48.3 Å². The van der Waals surface area contributed by atoms with Crippen molar-refractivity contribution in [3.63, 3.8) is 0 Å². The Bertz CT molecular complexity index is 780. The van der Waals surface area contributed by atoms with Gasteiger partial charge in [0.15, 0.2) is 0 Å². The van der Waals surface area contributed by atoms with Gasteiger partial charge in [-0.2, -0.15) is 0 Å². The van der Waals surface area contributed by atoms with Crippen molar-refractivity contribution < 1.29 is 9.47 Å². The predicted molar refractivity (Wildman–Crippen MR) is 82.5 cm³/mol. The number of ether oxygens (including phenoxy) is 2. The normalized spacial score (nSPS) is 10.8. The highest BCUT2D eigenvalue weighted by molar-refractivity contribution is 5.77. The molecule has 1 heterocycles. The number of aryl methyl sites for hydroxylation is 1. The van der Waals surface area contributed by atoms with E-state index in [9.17, 15) is 0 Å². The maximum atomic E-state index is 5.87. The molecule has 3 aromatic rings. The van der Waals surface area contributed by atoms with E-state index in [-0.39, 0.29) is 0 Å². The van der Waals surface area contributed by atoms with Crippen LogP contribution in [-0.2, 0) is 13.7 Å². The minimum atomic E-state index is 0.363. The summed E-state index contributed by atoms with van der Waals surface area (Å²) >= 11 is 0. The standard InChI is InChI=1S/C16H17N3O2/c1-19-14-8-7-11(20-2)9-13(14)18-16(19)10-21-15-6-4-3-5-12(15)17/h3-9H,10,17H2,1-2H3. The largest absolute Gasteiger partial charge is 0.497 e. The summed E-state index contributed by atoms with van der Waals surface area (Å²) < 4.78 is 13.0. The van der Waals surface area contributed by atoms with Gasteiger partial charge >= 0.3 is 0 Å². The molecule has 0 amide bonds. The van der Waals surface area contributed by atoms with Crippen LogP contribution in [0.15, 0.2) is 42.5 Å². The molecule has 0 aliphatic carbocycles. The van der Waals surface area contributed by atoms with Gasteiger partial charge in [0.25, 0.3) is 0 Å². The van der Waals surface area contributed by atoms with E-state index >= 15 is 0 Å². The van der Waals surface area contributed by atoms with Crippen molar-refractivity contribution in [1.29, 1.82) is 0 Å². The number of nitrogens with two attached hydrogens (primary N) is 1. The number of rotatable bonds is 4. The number of hydrogen-bond donors (Lipinski definition) is 1. The van der Waals surface area contributed by atoms with Crippen molar-refractivity contribution in [2.45, 2.75) is 6.61 Å². The monoisotopic (exact) mass is 283 g/mol. The number of nitrogens with zero attached hydrogens (tertiary/aromatic N) is 2. The number of methoxy groups -OCH3 is 1. The molecular formula is C16H17N3O2. The Kier molecular flexibility index (Phi) is 3.39. The van der Waals surface area contributed by atoms with Gasteiger partial charge in [-0.25, -0.2) is 4.98 Å². The number of benzene rings is 2. The third-order valence-electron chi connectivity index (χ3n) is 3.46. The van der Waals surface area contributed by atoms with E-state index < -0.39 is 0 Å². The number of imidazole rings is 1. The summed E-state index contributed by atoms with van der Waals surface area (Å²) in [6.07, 6.45) is 0. The molecule has 0 saturated carbocycles. The fraction of sp³-hybridized carbons (Fsp3) is 0.188. The second-order valence-electron chi connectivity index (χ2n) is 4.77. The van der Waals surface area contributed by atoms with Gasteiger partial charge in [-0.1, -0.05) is 12.1 Å². The van der Waals surface area contributed by atoms with E-state index in [1.807, 2.05) is 54.1 Å². The number of fused-ring (bicyclic) bond motifs is 1. The Morgan fingerprint density at radius 2 is 2.00 bits per heavy atom. The molecule has 0 aliphatic rings. The van der Waals surface area contributed by atoms with Gasteiger partial charge in [0.05, 0.1) is 23.8 Å². The molecule has 21 heavy (non-hydrogen) atoms. The minimum Gasteiger partial charge on any atom is -0.497 e. The topological polar surface area (TPSA) is 62.3 Å². The number of para-hydroxylation sites is 2. The van der Waals surface area contributed by atoms with Gasteiger partial charge in [-0.3, -0.25) is 0 Å². The average molecular weight is 283 g/mol. The Morgan fingerprint density at radius 3 is 2.76 bits per heavy atom. The lowest BCUT2D eigenvalue weighted by Gasteiger charge is -2.08. The molecule has 2 aromatic carbocycles. The summed E-state index contributed by atoms with van der Waals surface area (Å²) in [5.41, 5.74) is 8.41. The van der Waals surface area contributed by atoms with Crippen molar-refractivity contribution in [2.24, 2.45) is 7.05 Å². The highest BCUT2D eigenvalue weighted by Crippen LogP contribution is 2.23. The lowest BCUT2D eigenvalue weighted by Crippen LogP contribution is -2.04. The van der Waals surface area contributed by atoms with E-state index in [0.29, 0.717) is 18.0 Å². The molecule has 5 nitrogen and oxygen atoms in total. The SMILES string of the molecule is COc1ccc2c(c1)nc(COc1ccccc1N)n2C. The molecule has 0 unspecified atom stereocenters. The van der Waals surface area contributed by atoms with E-state index in [2.05, 4.69) is 4.98 Å². The first kappa shape index (κ1) is 13.3. The predicted octanol–water partition coefficient (Wildman–Crippen LogP) is 2.74. The number of nitrogen functional groups attached to an aromatic ring is 1. The smallest absolute Gasteiger partial charge is 0.147 e. The van der Waals surface area contributed by atoms with Gasteiger partial charge < -0.3 is 19.8 Å². The van der Waals surface area contributed by atoms with Crippen LogP contribution in [0.25, 0.3) is 11.0 Å². The zero-order chi connectivity index (χ0) is 14.8. The highest BCUT2D eigenvalue weighted by Gasteiger charge is 2.10. The lowest BCUT2D eigenvalue weighted by atomic mass is 10.3. The number of anilines is 1. The molecule has 1 aromatic heterocycles. The van der Waals surface area contributed by atoms with Crippen LogP contribution in [0.1, 0.15) is 5.82 Å². The van der Waals surface area contributed by atoms with E-state index in [1.165, 1.54) is 0 Å². The summed E-state index contributed by atoms with van der Waals surface area (Å²) in [4.78, 5) is 4.58. The molecule has 0 atom stereocenters. The van der Waals surface area contributed by atoms with Crippen LogP contribution < -0.4 is 15.2 Å². The number of hydrogen-bond acceptors (Lipinski definition) is 4. The van der Waals surface area contributed by atoms with Crippen molar-refractivity contribution in [2.75, 3.05) is 12.8 Å². The van der Waals surface area contributed by atoms with Crippen molar-refractivity contribution >= 4 is 16.7 Å². The molecule has 0 aliphatic heterocycles. The second-order valence-corrected chi connectivity index (χ2v) is 4.77. The summed E-state index contributed by atoms with van der Waals surface area (Å²) in [6.45, 7) is 0.363. The van der Waals surface area contributed by atoms with E-state index in [1.54, 1.807) is 7.11 Å². The highest BCUT2D eigenvalue weighted by atomic mass is 16.5. The van der Waals surface area contributed by atoms with Gasteiger partial charge in [0, 0.05) is 13.1 Å². The van der Waals surface area contributed by atoms with Crippen molar-refractivity contribution in [1.82, 2.24) is 9.55 Å². The third-order valence-corrected chi connectivity index (χ3v) is 3.46. The van der Waals surface area contributed by atoms with Crippen LogP contribution in [-0.4, -0.2) is 16.7 Å². The summed E-state index contributed by atoms with van der Waals surface area (Å²) in [6, 6.07) is 13.3. The Balaban J connectivity index is 1.87. The van der Waals surface area contributed by atoms with Gasteiger partial charge in [-0.05, 0) is 24.3 Å². The molecule has 0 bridgehead atoms. The van der Waals surface area contributed by atoms with Gasteiger partial charge in [0.1, 0.15) is 23.9 Å². The number of aromatic nitrogens is 2. The average Bonchev–Trinajstić information content (AvgIpc) is 2.82. The van der Waals surface area contributed by atoms with Crippen LogP contribution in [0.2, 0.25) is 0 Å². The second kappa shape index (κ2) is 5.36. The van der Waals surface area contributed by atoms with Crippen LogP contribution in [0, 0.1) is 0 Å². The van der Waals surface area contributed by atoms with Crippen LogP contribution in [0.4, 0.5) is 5.69 Å². The molecule has 0 radical (unpaired) electrons. The first-order valence-electron chi connectivity index (χ1n) is 6.65. The Hall–Kier alpha value is -2.69. The minimum absolute atomic E-state index is 0.363. The maximum Gasteiger partial charge on any atom is 0.147 e. The first-order chi connectivity index (χ1) is 10.2. The first-order valence-corrected chi connectivity index (χ1v) is 6.65. The fourth-order valence-electron chi connectivity index (χ4n) is 2.24. The molecule has 0 fully saturated rings. The third kappa shape index (κ3) is 2.50. The molecule has 3 rings (SSSR count). The summed E-state index contributed by atoms with van der Waals surface area (Å²) in [5, 5.41) is 0. The quantitative estimate of drug-likeness (QED) is 0.748. The molecule has 2 N–H and O–H groups in total. The zero-order valence-corrected chi connectivity index (χ0v) is 12.0. The zero-order valence-electron chi connectivity index (χ0n) is 12.0. The van der Waals surface area contributed by atoms with E-state index in [4.69, 9.17) is 15.2 Å². The molecule has 0 saturated heterocycles. The molecule has 0 spiro atoms. The molecule has 108 valence electrons. The Morgan fingerprint density at radius 1 is 1.19 bits per heavy atom. The van der Waals surface area contributed by atoms with Gasteiger partial charge in [-0.15, -0.1) is 0 Å². The van der Waals surface area contributed by atoms with Crippen LogP contribution >= 0.6 is 0 Å². The molecular weight excluding hydrogens is 266 g/mol. The maximum absolute atomic E-state index is 5.87. The lowest BCUT2D eigenvalue weighted by molar-refractivity contribution is 0.294. The van der Waals surface area contributed by atoms with Crippen LogP contribution in [0.3, 0.4) is 0 Å². The van der Waals surface area contributed by atoms with Crippen molar-refractivity contribution in [3.8, 4) is 11.5 Å². The summed E-state index contributed by atoms with van der Waals surface area (Å²) in [7, 11) is 3.61.